The number of aromatic nitrogens is 4. The van der Waals surface area contributed by atoms with Crippen LogP contribution in [0.1, 0.15) is 141 Å². The molecule has 2 aliphatic rings. The summed E-state index contributed by atoms with van der Waals surface area (Å²) in [6.07, 6.45) is -16.2. The van der Waals surface area contributed by atoms with Gasteiger partial charge in [-0.05, 0) is 170 Å². The second kappa shape index (κ2) is 32.9. The average Bonchev–Trinajstić information content (AvgIpc) is 1.51. The Morgan fingerprint density at radius 1 is 0.573 bits per heavy atom. The van der Waals surface area contributed by atoms with Gasteiger partial charge in [0, 0.05) is 90.8 Å². The van der Waals surface area contributed by atoms with Crippen LogP contribution in [0.15, 0.2) is 159 Å². The third-order valence-electron chi connectivity index (χ3n) is 14.5. The minimum Gasteiger partial charge on any atom is -0.336 e. The summed E-state index contributed by atoms with van der Waals surface area (Å²) >= 11 is 0.151. The molecule has 0 saturated carbocycles. The Balaban J connectivity index is 0.000000281. The first-order valence-corrected chi connectivity index (χ1v) is 31.3. The molecule has 0 saturated heterocycles. The van der Waals surface area contributed by atoms with E-state index in [0.29, 0.717) is 15.7 Å². The first kappa shape index (κ1) is 43.4. The molecule has 1 unspecified atom stereocenters. The minimum atomic E-state index is -5.33. The Labute approximate surface area is 603 Å². The van der Waals surface area contributed by atoms with Crippen molar-refractivity contribution in [3.63, 3.8) is 0 Å². The first-order chi connectivity index (χ1) is 56.7. The highest BCUT2D eigenvalue weighted by atomic mass is 32.2. The molecule has 508 valence electrons. The topological polar surface area (TPSA) is 117 Å². The zero-order valence-corrected chi connectivity index (χ0v) is 53.8. The van der Waals surface area contributed by atoms with Crippen LogP contribution in [0.3, 0.4) is 0 Å². The van der Waals surface area contributed by atoms with Crippen molar-refractivity contribution in [2.45, 2.75) is 134 Å². The number of carbonyl (C=O) groups excluding carboxylic acids is 2. The van der Waals surface area contributed by atoms with E-state index in [2.05, 4.69) is 9.97 Å². The van der Waals surface area contributed by atoms with Gasteiger partial charge in [-0.25, -0.2) is 8.78 Å². The molecule has 0 N–H and O–H groups in total. The maximum Gasteiger partial charge on any atom is 0.416 e. The van der Waals surface area contributed by atoms with E-state index in [1.165, 1.54) is 64.1 Å². The van der Waals surface area contributed by atoms with Crippen LogP contribution in [0.2, 0.25) is 0 Å². The number of rotatable bonds is 26. The van der Waals surface area contributed by atoms with Crippen LogP contribution in [0.25, 0.3) is 22.3 Å². The summed E-state index contributed by atoms with van der Waals surface area (Å²) in [5.74, 6) is -8.14. The van der Waals surface area contributed by atoms with Gasteiger partial charge >= 0.3 is 12.4 Å². The molecule has 0 radical (unpaired) electrons. The minimum absolute atomic E-state index is 0.0264. The summed E-state index contributed by atoms with van der Waals surface area (Å²) in [7, 11) is 0. The van der Waals surface area contributed by atoms with E-state index in [-0.39, 0.29) is 111 Å². The van der Waals surface area contributed by atoms with Crippen molar-refractivity contribution in [1.82, 2.24) is 38.7 Å². The lowest BCUT2D eigenvalue weighted by atomic mass is 9.98. The number of nitrogens with zero attached hydrogens (tertiary/aromatic N) is 8. The number of fused-ring (bicyclic) bond motifs is 2. The van der Waals surface area contributed by atoms with E-state index in [4.69, 9.17) is 27.4 Å². The predicted octanol–water partition coefficient (Wildman–Crippen LogP) is 15.0. The van der Waals surface area contributed by atoms with E-state index in [0.717, 1.165) is 84.3 Å². The molecule has 0 fully saturated rings. The summed E-state index contributed by atoms with van der Waals surface area (Å²) in [5.41, 5.74) is -15.3. The monoisotopic (exact) mass is 1390 g/mol. The van der Waals surface area contributed by atoms with Gasteiger partial charge in [-0.15, -0.1) is 0 Å². The molecule has 96 heavy (non-hydrogen) atoms. The van der Waals surface area contributed by atoms with Crippen LogP contribution in [-0.4, -0.2) is 103 Å². The SMILES string of the molecule is [2H]C([2H])(Sc1nc(=O)c2c(n1C([2H])([2H])C(=O)N(Cc1ccc(-c3ccc(C(F)(F)F)cc3)cc1)C([2H])([2H])C([2H])([2H])N(CC)CC)C([2H])([2H])C([2H])(C)C2([2H])[2H])c1ccc(F)cc1.[2H]c1c([2H])c(-c2c([2H])c([2H])c(C(F)(F)F)c([2H])c2[2H])c([2H])c(C)c1CN(C(=O)C([2H])([2H])n1c(SC([2H])([2H])c2ccc(F)cc2)nc(=O)c2c1CCC2)C([2H])([2H])C([2H])([2H])N(CC)CC. The molecule has 0 aliphatic heterocycles. The van der Waals surface area contributed by atoms with Gasteiger partial charge in [-0.1, -0.05) is 149 Å². The maximum atomic E-state index is 15.0. The fraction of sp³-hybridized carbons (Fsp3) is 0.378. The number of amides is 2. The lowest BCUT2D eigenvalue weighted by Crippen LogP contribution is -2.40. The largest absolute Gasteiger partial charge is 0.416 e. The van der Waals surface area contributed by atoms with Crippen molar-refractivity contribution >= 4 is 35.3 Å². The number of likely N-dealkylation sites (N-methyl/N-ethyl adjacent to an activating group) is 2. The number of thioether (sulfide) groups is 2. The molecule has 22 heteroatoms. The molecule has 6 aromatic carbocycles. The Morgan fingerprint density at radius 3 is 1.53 bits per heavy atom. The molecule has 2 aliphatic carbocycles. The quantitative estimate of drug-likeness (QED) is 0.0295. The Hall–Kier alpha value is -7.92. The van der Waals surface area contributed by atoms with Gasteiger partial charge in [0.15, 0.2) is 10.3 Å². The van der Waals surface area contributed by atoms with E-state index >= 15 is 9.59 Å². The van der Waals surface area contributed by atoms with Crippen molar-refractivity contribution in [1.29, 1.82) is 0 Å². The normalized spacial score (nSPS) is 20.9. The predicted molar refractivity (Wildman–Crippen MR) is 362 cm³/mol. The maximum absolute atomic E-state index is 15.0. The van der Waals surface area contributed by atoms with Gasteiger partial charge in [0.2, 0.25) is 11.8 Å². The Kier molecular flexibility index (Phi) is 14.9. The third kappa shape index (κ3) is 19.0. The van der Waals surface area contributed by atoms with Crippen molar-refractivity contribution in [2.75, 3.05) is 52.2 Å². The van der Waals surface area contributed by atoms with Crippen molar-refractivity contribution < 1.29 is 83.1 Å². The summed E-state index contributed by atoms with van der Waals surface area (Å²) < 4.78 is 358. The third-order valence-corrected chi connectivity index (χ3v) is 16.1. The van der Waals surface area contributed by atoms with Gasteiger partial charge in [0.05, 0.1) is 31.7 Å². The van der Waals surface area contributed by atoms with Crippen molar-refractivity contribution in [3.05, 3.63) is 233 Å². The zero-order chi connectivity index (χ0) is 93.8. The highest BCUT2D eigenvalue weighted by Gasteiger charge is 2.33. The summed E-state index contributed by atoms with van der Waals surface area (Å²) in [6.45, 7) is -15.5. The van der Waals surface area contributed by atoms with Gasteiger partial charge in [0.1, 0.15) is 24.6 Å². The van der Waals surface area contributed by atoms with Crippen LogP contribution in [0, 0.1) is 24.5 Å². The fourth-order valence-electron chi connectivity index (χ4n) is 9.30. The number of hydrogen-bond donors (Lipinski definition) is 0. The standard InChI is InChI=1S/2C37H40F4N4O2S/c1-4-43(5-2)18-19-44(22-26-6-10-28(11-7-26)29-12-14-30(15-13-29)37(39,40)41)34(46)23-45-33-21-25(3)20-32(33)35(47)42-36(45)48-24-27-8-16-31(38)17-9-27;1-4-43(5-2)19-20-44(22-29-12-11-28(21-25(29)3)27-13-15-30(16-14-27)37(39,40)41)34(46)23-45-33-8-6-7-32(33)35(47)42-36(45)48-24-26-9-17-31(38)18-10-26/h6-17,25H,4-5,18-24H2,1-3H3;9-18,21H,4-8,19-20,22-24H2,1-3H3/i18D2,19D2,20D2,21D2,23D2,24D2,25D;11D,12D,13D,14D,15D,16D,19D2,20D2,21D,23D2,24D2. The molecule has 0 spiro atoms. The van der Waals surface area contributed by atoms with Crippen molar-refractivity contribution in [3.8, 4) is 22.3 Å². The zero-order valence-electron chi connectivity index (χ0n) is 80.2. The van der Waals surface area contributed by atoms with Crippen LogP contribution < -0.4 is 11.1 Å². The number of carbonyl (C=O) groups is 2. The fourth-order valence-corrected chi connectivity index (χ4v) is 10.7. The smallest absolute Gasteiger partial charge is 0.336 e. The highest BCUT2D eigenvalue weighted by Crippen LogP contribution is 2.35. The van der Waals surface area contributed by atoms with E-state index in [1.54, 1.807) is 0 Å². The Bertz CT molecular complexity index is 5490. The van der Waals surface area contributed by atoms with E-state index < -0.39 is 226 Å². The van der Waals surface area contributed by atoms with E-state index in [9.17, 15) is 55.7 Å². The molecule has 2 amide bonds. The van der Waals surface area contributed by atoms with E-state index in [1.807, 2.05) is 0 Å². The van der Waals surface area contributed by atoms with Crippen LogP contribution in [-0.2, 0) is 85.0 Å². The second-order valence-corrected chi connectivity index (χ2v) is 22.6. The van der Waals surface area contributed by atoms with Gasteiger partial charge in [0.25, 0.3) is 11.1 Å². The van der Waals surface area contributed by atoms with Gasteiger partial charge in [-0.3, -0.25) is 19.2 Å². The highest BCUT2D eigenvalue weighted by molar-refractivity contribution is 7.98. The number of hydrogen-bond acceptors (Lipinski definition) is 10. The molecular weight excluding hydrogens is 1280 g/mol. The molecular formula is C74H80F8N8O4S2. The first-order valence-electron chi connectivity index (χ1n) is 43.6. The van der Waals surface area contributed by atoms with Gasteiger partial charge < -0.3 is 28.7 Å². The Morgan fingerprint density at radius 2 is 1.03 bits per heavy atom. The lowest BCUT2D eigenvalue weighted by Gasteiger charge is -2.28. The molecule has 8 aromatic rings. The number of benzene rings is 6. The summed E-state index contributed by atoms with van der Waals surface area (Å²) in [5, 5.41) is -1.75. The average molecular weight is 1390 g/mol. The molecule has 0 bridgehead atoms. The molecule has 1 atom stereocenters. The molecule has 12 nitrogen and oxygen atoms in total. The summed E-state index contributed by atoms with van der Waals surface area (Å²) in [6, 6.07) is 9.10. The van der Waals surface area contributed by atoms with Crippen LogP contribution in [0.4, 0.5) is 35.1 Å². The van der Waals surface area contributed by atoms with Crippen molar-refractivity contribution in [2.24, 2.45) is 5.89 Å². The number of halogens is 8. The molecule has 2 heterocycles. The van der Waals surface area contributed by atoms with Crippen LogP contribution in [0.5, 0.6) is 0 Å². The number of alkyl halides is 6. The summed E-state index contributed by atoms with van der Waals surface area (Å²) in [4.78, 5) is 66.9. The molecule has 2 aromatic heterocycles. The van der Waals surface area contributed by atoms with Gasteiger partial charge in [-0.2, -0.15) is 36.3 Å². The van der Waals surface area contributed by atoms with Crippen LogP contribution >= 0.6 is 23.5 Å². The second-order valence-electron chi connectivity index (χ2n) is 21.0. The lowest BCUT2D eigenvalue weighted by molar-refractivity contribution is -0.138. The molecule has 10 rings (SSSR count).